The summed E-state index contributed by atoms with van der Waals surface area (Å²) in [5.41, 5.74) is 5.73. The van der Waals surface area contributed by atoms with Crippen molar-refractivity contribution in [3.63, 3.8) is 0 Å². The molecule has 1 aromatic carbocycles. The third-order valence-corrected chi connectivity index (χ3v) is 3.69. The molecule has 0 bridgehead atoms. The highest BCUT2D eigenvalue weighted by molar-refractivity contribution is 9.10. The summed E-state index contributed by atoms with van der Waals surface area (Å²) in [7, 11) is 1.95. The van der Waals surface area contributed by atoms with Crippen molar-refractivity contribution in [3.8, 4) is 0 Å². The lowest BCUT2D eigenvalue weighted by molar-refractivity contribution is 1.18. The molecule has 0 aliphatic heterocycles. The zero-order valence-electron chi connectivity index (χ0n) is 9.98. The van der Waals surface area contributed by atoms with Gasteiger partial charge in [-0.15, -0.1) is 0 Å². The number of fused-ring (bicyclic) bond motifs is 1. The fraction of sp³-hybridized carbons (Fsp3) is 0.308. The van der Waals surface area contributed by atoms with Crippen LogP contribution < -0.4 is 5.32 Å². The van der Waals surface area contributed by atoms with Crippen molar-refractivity contribution in [3.05, 3.63) is 33.4 Å². The average molecular weight is 279 g/mol. The molecule has 2 aromatic rings. The molecular formula is C13H15BrN2. The molecule has 0 radical (unpaired) electrons. The third kappa shape index (κ3) is 1.59. The number of anilines is 1. The normalized spacial score (nSPS) is 10.8. The van der Waals surface area contributed by atoms with Crippen LogP contribution in [0.5, 0.6) is 0 Å². The Morgan fingerprint density at radius 2 is 1.88 bits per heavy atom. The number of hydrogen-bond acceptors (Lipinski definition) is 2. The highest BCUT2D eigenvalue weighted by Crippen LogP contribution is 2.34. The molecule has 3 heteroatoms. The van der Waals surface area contributed by atoms with Gasteiger partial charge in [-0.2, -0.15) is 0 Å². The lowest BCUT2D eigenvalue weighted by atomic mass is 10.0. The SMILES string of the molecule is CNc1c(C)c(C)nc2c(C)ccc(Br)c12. The van der Waals surface area contributed by atoms with E-state index in [1.807, 2.05) is 7.05 Å². The van der Waals surface area contributed by atoms with E-state index in [4.69, 9.17) is 0 Å². The summed E-state index contributed by atoms with van der Waals surface area (Å²) in [6, 6.07) is 4.17. The van der Waals surface area contributed by atoms with Crippen LogP contribution in [0.1, 0.15) is 16.8 Å². The smallest absolute Gasteiger partial charge is 0.0766 e. The number of nitrogens with one attached hydrogen (secondary N) is 1. The van der Waals surface area contributed by atoms with E-state index in [1.165, 1.54) is 16.5 Å². The Bertz CT molecular complexity index is 562. The second kappa shape index (κ2) is 4.06. The van der Waals surface area contributed by atoms with Crippen molar-refractivity contribution in [1.29, 1.82) is 0 Å². The fourth-order valence-corrected chi connectivity index (χ4v) is 2.50. The number of aryl methyl sites for hydroxylation is 2. The molecule has 0 aliphatic rings. The maximum absolute atomic E-state index is 4.67. The van der Waals surface area contributed by atoms with E-state index in [1.54, 1.807) is 0 Å². The summed E-state index contributed by atoms with van der Waals surface area (Å²) in [5, 5.41) is 4.45. The number of pyridine rings is 1. The van der Waals surface area contributed by atoms with Gasteiger partial charge < -0.3 is 5.32 Å². The summed E-state index contributed by atoms with van der Waals surface area (Å²) in [5.74, 6) is 0. The highest BCUT2D eigenvalue weighted by atomic mass is 79.9. The molecule has 0 aliphatic carbocycles. The third-order valence-electron chi connectivity index (χ3n) is 3.03. The Hall–Kier alpha value is -1.09. The van der Waals surface area contributed by atoms with E-state index in [0.717, 1.165) is 21.4 Å². The number of benzene rings is 1. The second-order valence-electron chi connectivity index (χ2n) is 4.04. The summed E-state index contributed by atoms with van der Waals surface area (Å²) >= 11 is 3.60. The van der Waals surface area contributed by atoms with Gasteiger partial charge in [-0.1, -0.05) is 22.0 Å². The molecule has 1 aromatic heterocycles. The fourth-order valence-electron chi connectivity index (χ4n) is 1.99. The van der Waals surface area contributed by atoms with Crippen LogP contribution in [0.15, 0.2) is 16.6 Å². The van der Waals surface area contributed by atoms with Crippen molar-refractivity contribution in [2.45, 2.75) is 20.8 Å². The van der Waals surface area contributed by atoms with Crippen LogP contribution >= 0.6 is 15.9 Å². The quantitative estimate of drug-likeness (QED) is 0.854. The second-order valence-corrected chi connectivity index (χ2v) is 4.89. The first-order valence-electron chi connectivity index (χ1n) is 5.30. The van der Waals surface area contributed by atoms with Crippen LogP contribution in [0.25, 0.3) is 10.9 Å². The molecule has 0 fully saturated rings. The topological polar surface area (TPSA) is 24.9 Å². The first-order valence-corrected chi connectivity index (χ1v) is 6.09. The van der Waals surface area contributed by atoms with Crippen LogP contribution in [0.2, 0.25) is 0 Å². The van der Waals surface area contributed by atoms with Gasteiger partial charge in [-0.25, -0.2) is 0 Å². The van der Waals surface area contributed by atoms with Crippen LogP contribution in [0.3, 0.4) is 0 Å². The maximum atomic E-state index is 4.67. The summed E-state index contributed by atoms with van der Waals surface area (Å²) in [4.78, 5) is 4.67. The Kier molecular flexibility index (Phi) is 2.89. The van der Waals surface area contributed by atoms with Crippen LogP contribution in [-0.2, 0) is 0 Å². The standard InChI is InChI=1S/C13H15BrN2/c1-7-5-6-10(14)11-12(7)16-9(3)8(2)13(11)15-4/h5-6H,1-4H3,(H,15,16). The Morgan fingerprint density at radius 3 is 2.50 bits per heavy atom. The summed E-state index contributed by atoms with van der Waals surface area (Å²) in [6.07, 6.45) is 0. The van der Waals surface area contributed by atoms with Gasteiger partial charge in [-0.05, 0) is 38.0 Å². The zero-order valence-corrected chi connectivity index (χ0v) is 11.6. The van der Waals surface area contributed by atoms with E-state index >= 15 is 0 Å². The minimum atomic E-state index is 1.07. The van der Waals surface area contributed by atoms with Crippen molar-refractivity contribution < 1.29 is 0 Å². The lowest BCUT2D eigenvalue weighted by Gasteiger charge is -2.14. The summed E-state index contributed by atoms with van der Waals surface area (Å²) in [6.45, 7) is 6.24. The maximum Gasteiger partial charge on any atom is 0.0766 e. The van der Waals surface area contributed by atoms with Crippen LogP contribution in [0.4, 0.5) is 5.69 Å². The molecule has 1 N–H and O–H groups in total. The first-order chi connectivity index (χ1) is 7.56. The summed E-state index contributed by atoms with van der Waals surface area (Å²) < 4.78 is 1.09. The van der Waals surface area contributed by atoms with Crippen molar-refractivity contribution in [2.75, 3.05) is 12.4 Å². The predicted octanol–water partition coefficient (Wildman–Crippen LogP) is 3.96. The van der Waals surface area contributed by atoms with Crippen molar-refractivity contribution in [2.24, 2.45) is 0 Å². The zero-order chi connectivity index (χ0) is 11.9. The largest absolute Gasteiger partial charge is 0.387 e. The molecule has 0 saturated heterocycles. The van der Waals surface area contributed by atoms with E-state index in [9.17, 15) is 0 Å². The molecule has 0 spiro atoms. The predicted molar refractivity (Wildman–Crippen MR) is 73.2 cm³/mol. The van der Waals surface area contributed by atoms with Crippen LogP contribution in [0, 0.1) is 20.8 Å². The molecule has 1 heterocycles. The number of aromatic nitrogens is 1. The highest BCUT2D eigenvalue weighted by Gasteiger charge is 2.12. The number of halogens is 1. The average Bonchev–Trinajstić information content (AvgIpc) is 2.26. The molecule has 2 nitrogen and oxygen atoms in total. The van der Waals surface area contributed by atoms with Gasteiger partial charge in [0.1, 0.15) is 0 Å². The first kappa shape index (κ1) is 11.4. The van der Waals surface area contributed by atoms with E-state index in [-0.39, 0.29) is 0 Å². The molecule has 84 valence electrons. The van der Waals surface area contributed by atoms with Crippen molar-refractivity contribution in [1.82, 2.24) is 4.98 Å². The lowest BCUT2D eigenvalue weighted by Crippen LogP contribution is -2.00. The molecule has 0 saturated carbocycles. The number of nitrogens with zero attached hydrogens (tertiary/aromatic N) is 1. The molecular weight excluding hydrogens is 264 g/mol. The Labute approximate surface area is 104 Å². The Morgan fingerprint density at radius 1 is 1.19 bits per heavy atom. The van der Waals surface area contributed by atoms with Gasteiger partial charge in [0.05, 0.1) is 5.52 Å². The van der Waals surface area contributed by atoms with Crippen LogP contribution in [-0.4, -0.2) is 12.0 Å². The number of rotatable bonds is 1. The van der Waals surface area contributed by atoms with Gasteiger partial charge in [0.25, 0.3) is 0 Å². The van der Waals surface area contributed by atoms with Gasteiger partial charge >= 0.3 is 0 Å². The van der Waals surface area contributed by atoms with Gasteiger partial charge in [0.15, 0.2) is 0 Å². The number of hydrogen-bond donors (Lipinski definition) is 1. The van der Waals surface area contributed by atoms with E-state index < -0.39 is 0 Å². The minimum Gasteiger partial charge on any atom is -0.387 e. The van der Waals surface area contributed by atoms with Gasteiger partial charge in [0.2, 0.25) is 0 Å². The minimum absolute atomic E-state index is 1.07. The van der Waals surface area contributed by atoms with Crippen molar-refractivity contribution >= 4 is 32.5 Å². The molecule has 0 amide bonds. The Balaban J connectivity index is 3.02. The molecule has 0 unspecified atom stereocenters. The monoisotopic (exact) mass is 278 g/mol. The molecule has 0 atom stereocenters. The molecule has 16 heavy (non-hydrogen) atoms. The van der Waals surface area contributed by atoms with Gasteiger partial charge in [-0.3, -0.25) is 4.98 Å². The van der Waals surface area contributed by atoms with Gasteiger partial charge in [0, 0.05) is 28.3 Å². The van der Waals surface area contributed by atoms with E-state index in [2.05, 4.69) is 59.1 Å². The molecule has 2 rings (SSSR count). The van der Waals surface area contributed by atoms with E-state index in [0.29, 0.717) is 0 Å².